The van der Waals surface area contributed by atoms with Gasteiger partial charge in [-0.2, -0.15) is 4.98 Å². The normalized spacial score (nSPS) is 12.3. The second-order valence-corrected chi connectivity index (χ2v) is 7.05. The molecule has 3 heterocycles. The predicted molar refractivity (Wildman–Crippen MR) is 110 cm³/mol. The number of imidazole rings is 1. The van der Waals surface area contributed by atoms with Gasteiger partial charge in [0.05, 0.1) is 22.3 Å². The lowest BCUT2D eigenvalue weighted by molar-refractivity contribution is 0.836. The molecule has 0 saturated heterocycles. The zero-order valence-electron chi connectivity index (χ0n) is 15.7. The van der Waals surface area contributed by atoms with Gasteiger partial charge >= 0.3 is 0 Å². The number of nitrogens with zero attached hydrogens (tertiary/aromatic N) is 4. The minimum atomic E-state index is -0.298. The molecule has 0 aliphatic rings. The third-order valence-corrected chi connectivity index (χ3v) is 5.12. The molecule has 0 fully saturated rings. The van der Waals surface area contributed by atoms with Crippen LogP contribution in [-0.2, 0) is 0 Å². The number of para-hydroxylation sites is 1. The van der Waals surface area contributed by atoms with E-state index in [4.69, 9.17) is 11.6 Å². The van der Waals surface area contributed by atoms with E-state index in [0.29, 0.717) is 27.9 Å². The van der Waals surface area contributed by atoms with E-state index in [1.54, 1.807) is 18.6 Å². The van der Waals surface area contributed by atoms with Crippen molar-refractivity contribution >= 4 is 28.5 Å². The van der Waals surface area contributed by atoms with Crippen LogP contribution in [0.4, 0.5) is 5.95 Å². The molecule has 0 radical (unpaired) electrons. The number of nitrogens with one attached hydrogen (secondary N) is 2. The van der Waals surface area contributed by atoms with Crippen LogP contribution >= 0.6 is 11.6 Å². The maximum absolute atomic E-state index is 12.5. The zero-order chi connectivity index (χ0) is 19.8. The number of anilines is 1. The molecule has 7 nitrogen and oxygen atoms in total. The zero-order valence-corrected chi connectivity index (χ0v) is 16.4. The van der Waals surface area contributed by atoms with Gasteiger partial charge < -0.3 is 10.3 Å². The summed E-state index contributed by atoms with van der Waals surface area (Å²) in [4.78, 5) is 28.5. The first kappa shape index (κ1) is 18.2. The Kier molecular flexibility index (Phi) is 4.60. The van der Waals surface area contributed by atoms with Gasteiger partial charge in [0.1, 0.15) is 12.1 Å². The average Bonchev–Trinajstić information content (AvgIpc) is 3.01. The van der Waals surface area contributed by atoms with E-state index in [9.17, 15) is 4.79 Å². The highest BCUT2D eigenvalue weighted by molar-refractivity contribution is 6.35. The minimum absolute atomic E-state index is 0.196. The van der Waals surface area contributed by atoms with E-state index in [1.807, 2.05) is 49.6 Å². The number of fused-ring (bicyclic) bond motifs is 1. The van der Waals surface area contributed by atoms with Crippen LogP contribution in [0.5, 0.6) is 0 Å². The van der Waals surface area contributed by atoms with Gasteiger partial charge in [-0.1, -0.05) is 23.7 Å². The van der Waals surface area contributed by atoms with E-state index in [0.717, 1.165) is 16.8 Å². The second kappa shape index (κ2) is 7.09. The summed E-state index contributed by atoms with van der Waals surface area (Å²) >= 11 is 6.17. The Balaban J connectivity index is 1.66. The number of hydrogen-bond donors (Lipinski definition) is 2. The number of benzene rings is 1. The van der Waals surface area contributed by atoms with Crippen LogP contribution in [-0.4, -0.2) is 24.5 Å². The van der Waals surface area contributed by atoms with Crippen LogP contribution in [0.2, 0.25) is 5.02 Å². The number of H-pyrrole nitrogens is 1. The molecule has 1 atom stereocenters. The lowest BCUT2D eigenvalue weighted by Gasteiger charge is -2.15. The number of aryl methyl sites for hydroxylation is 1. The topological polar surface area (TPSA) is 88.5 Å². The first-order valence-electron chi connectivity index (χ1n) is 8.86. The Morgan fingerprint density at radius 3 is 2.79 bits per heavy atom. The highest BCUT2D eigenvalue weighted by Gasteiger charge is 2.14. The Bertz CT molecular complexity index is 1230. The van der Waals surface area contributed by atoms with Crippen LogP contribution in [0.1, 0.15) is 29.9 Å². The summed E-state index contributed by atoms with van der Waals surface area (Å²) in [6, 6.07) is 8.87. The fourth-order valence-electron chi connectivity index (χ4n) is 3.09. The maximum Gasteiger partial charge on any atom is 0.253 e. The fraction of sp³-hybridized carbons (Fsp3) is 0.200. The summed E-state index contributed by atoms with van der Waals surface area (Å²) in [5.74, 6) is 1.14. The smallest absolute Gasteiger partial charge is 0.253 e. The minimum Gasteiger partial charge on any atom is -0.347 e. The standard InChI is InChI=1S/C20H19ClN6O/c1-11-13(3)27(10-23-11)17-7-8-22-20(25-17)24-12(2)15-9-14-5-4-6-16(21)18(14)26-19(15)28/h4-10,12H,1-3H3,(H,26,28)(H,22,24,25)/t12-/m0/s1. The molecule has 0 saturated carbocycles. The number of aromatic nitrogens is 5. The fourth-order valence-corrected chi connectivity index (χ4v) is 3.32. The molecule has 0 aliphatic carbocycles. The highest BCUT2D eigenvalue weighted by atomic mass is 35.5. The molecule has 1 aromatic carbocycles. The molecule has 0 aliphatic heterocycles. The van der Waals surface area contributed by atoms with Crippen molar-refractivity contribution in [2.75, 3.05) is 5.32 Å². The van der Waals surface area contributed by atoms with Crippen LogP contribution in [0, 0.1) is 13.8 Å². The molecule has 0 amide bonds. The van der Waals surface area contributed by atoms with Gasteiger partial charge in [-0.25, -0.2) is 9.97 Å². The molecule has 2 N–H and O–H groups in total. The Labute approximate surface area is 166 Å². The van der Waals surface area contributed by atoms with Gasteiger partial charge in [-0.05, 0) is 39.0 Å². The summed E-state index contributed by atoms with van der Waals surface area (Å²) in [5, 5.41) is 4.59. The number of hydrogen-bond acceptors (Lipinski definition) is 5. The Morgan fingerprint density at radius 1 is 1.21 bits per heavy atom. The van der Waals surface area contributed by atoms with Crippen molar-refractivity contribution in [1.29, 1.82) is 0 Å². The molecule has 28 heavy (non-hydrogen) atoms. The third-order valence-electron chi connectivity index (χ3n) is 4.81. The molecule has 0 unspecified atom stereocenters. The van der Waals surface area contributed by atoms with Crippen LogP contribution < -0.4 is 10.9 Å². The van der Waals surface area contributed by atoms with Crippen molar-refractivity contribution in [2.24, 2.45) is 0 Å². The molecular weight excluding hydrogens is 376 g/mol. The van der Waals surface area contributed by atoms with Gasteiger partial charge in [0, 0.05) is 22.8 Å². The van der Waals surface area contributed by atoms with E-state index in [1.165, 1.54) is 0 Å². The first-order valence-corrected chi connectivity index (χ1v) is 9.24. The van der Waals surface area contributed by atoms with Gasteiger partial charge in [-0.15, -0.1) is 0 Å². The molecule has 0 bridgehead atoms. The average molecular weight is 395 g/mol. The molecule has 8 heteroatoms. The first-order chi connectivity index (χ1) is 13.4. The second-order valence-electron chi connectivity index (χ2n) is 6.65. The number of aromatic amines is 1. The van der Waals surface area contributed by atoms with E-state index >= 15 is 0 Å². The van der Waals surface area contributed by atoms with Gasteiger partial charge in [0.2, 0.25) is 5.95 Å². The van der Waals surface area contributed by atoms with E-state index < -0.39 is 0 Å². The summed E-state index contributed by atoms with van der Waals surface area (Å²) in [6.45, 7) is 5.83. The lowest BCUT2D eigenvalue weighted by Crippen LogP contribution is -2.20. The third kappa shape index (κ3) is 3.25. The van der Waals surface area contributed by atoms with Gasteiger partial charge in [-0.3, -0.25) is 9.36 Å². The van der Waals surface area contributed by atoms with Crippen molar-refractivity contribution in [3.63, 3.8) is 0 Å². The predicted octanol–water partition coefficient (Wildman–Crippen LogP) is 3.95. The Hall–Kier alpha value is -3.19. The van der Waals surface area contributed by atoms with Crippen LogP contribution in [0.25, 0.3) is 16.7 Å². The molecule has 0 spiro atoms. The molecule has 4 aromatic rings. The van der Waals surface area contributed by atoms with Crippen LogP contribution in [0.3, 0.4) is 0 Å². The summed E-state index contributed by atoms with van der Waals surface area (Å²) < 4.78 is 1.90. The Morgan fingerprint density at radius 2 is 2.04 bits per heavy atom. The van der Waals surface area contributed by atoms with Gasteiger partial charge in [0.25, 0.3) is 5.56 Å². The number of halogens is 1. The highest BCUT2D eigenvalue weighted by Crippen LogP contribution is 2.23. The van der Waals surface area contributed by atoms with E-state index in [-0.39, 0.29) is 11.6 Å². The lowest BCUT2D eigenvalue weighted by atomic mass is 10.1. The van der Waals surface area contributed by atoms with Crippen molar-refractivity contribution in [2.45, 2.75) is 26.8 Å². The molecule has 4 rings (SSSR count). The molecular formula is C20H19ClN6O. The summed E-state index contributed by atoms with van der Waals surface area (Å²) in [7, 11) is 0. The monoisotopic (exact) mass is 394 g/mol. The summed E-state index contributed by atoms with van der Waals surface area (Å²) in [5.41, 5.74) is 2.98. The van der Waals surface area contributed by atoms with Crippen molar-refractivity contribution < 1.29 is 0 Å². The van der Waals surface area contributed by atoms with Gasteiger partial charge in [0.15, 0.2) is 0 Å². The number of pyridine rings is 1. The molecule has 3 aromatic heterocycles. The largest absolute Gasteiger partial charge is 0.347 e. The summed E-state index contributed by atoms with van der Waals surface area (Å²) in [6.07, 6.45) is 3.41. The van der Waals surface area contributed by atoms with Crippen molar-refractivity contribution in [1.82, 2.24) is 24.5 Å². The van der Waals surface area contributed by atoms with E-state index in [2.05, 4.69) is 25.3 Å². The number of rotatable bonds is 4. The van der Waals surface area contributed by atoms with Crippen molar-refractivity contribution in [3.8, 4) is 5.82 Å². The van der Waals surface area contributed by atoms with Crippen LogP contribution in [0.15, 0.2) is 47.7 Å². The maximum atomic E-state index is 12.5. The SMILES string of the molecule is Cc1ncn(-c2ccnc(N[C@@H](C)c3cc4cccc(Cl)c4[nH]c3=O)n2)c1C. The molecule has 142 valence electrons. The quantitative estimate of drug-likeness (QED) is 0.547. The van der Waals surface area contributed by atoms with Crippen molar-refractivity contribution in [3.05, 3.63) is 75.2 Å².